The lowest BCUT2D eigenvalue weighted by atomic mass is 10.2. The first-order chi connectivity index (χ1) is 7.25. The summed E-state index contributed by atoms with van der Waals surface area (Å²) in [6.45, 7) is 1.91. The third-order valence-corrected chi connectivity index (χ3v) is 2.03. The van der Waals surface area contributed by atoms with Crippen molar-refractivity contribution < 1.29 is 4.74 Å². The molecule has 3 heteroatoms. The summed E-state index contributed by atoms with van der Waals surface area (Å²) in [5.74, 6) is 1.31. The Morgan fingerprint density at radius 3 is 2.73 bits per heavy atom. The Labute approximate surface area is 88.5 Å². The van der Waals surface area contributed by atoms with Crippen LogP contribution in [0.2, 0.25) is 0 Å². The van der Waals surface area contributed by atoms with Crippen LogP contribution in [0.4, 0.5) is 5.69 Å². The Bertz CT molecular complexity index is 454. The number of hydrogen-bond donors (Lipinski definition) is 0. The zero-order chi connectivity index (χ0) is 10.7. The van der Waals surface area contributed by atoms with Gasteiger partial charge < -0.3 is 10.5 Å². The van der Waals surface area contributed by atoms with Gasteiger partial charge in [0, 0.05) is 12.3 Å². The molecule has 2 rings (SSSR count). The van der Waals surface area contributed by atoms with E-state index in [4.69, 9.17) is 10.5 Å². The van der Waals surface area contributed by atoms with Gasteiger partial charge in [-0.1, -0.05) is 6.07 Å². The lowest BCUT2D eigenvalue weighted by Gasteiger charge is -2.07. The Balaban J connectivity index is 2.25. The molecule has 0 fully saturated rings. The third-order valence-electron chi connectivity index (χ3n) is 2.03. The number of hydrogen-bond acceptors (Lipinski definition) is 2. The Kier molecular flexibility index (Phi) is 2.54. The normalized spacial score (nSPS) is 9.93. The van der Waals surface area contributed by atoms with Crippen molar-refractivity contribution in [2.24, 2.45) is 0 Å². The monoisotopic (exact) mass is 199 g/mol. The molecule has 0 aliphatic heterocycles. The van der Waals surface area contributed by atoms with Gasteiger partial charge in [-0.3, -0.25) is 0 Å². The molecule has 15 heavy (non-hydrogen) atoms. The van der Waals surface area contributed by atoms with Crippen LogP contribution in [0.15, 0.2) is 42.6 Å². The fourth-order valence-corrected chi connectivity index (χ4v) is 1.28. The number of benzene rings is 1. The van der Waals surface area contributed by atoms with E-state index in [0.717, 1.165) is 11.3 Å². The second-order valence-corrected chi connectivity index (χ2v) is 3.25. The highest BCUT2D eigenvalue weighted by molar-refractivity contribution is 5.45. The van der Waals surface area contributed by atoms with E-state index in [9.17, 15) is 0 Å². The van der Waals surface area contributed by atoms with Gasteiger partial charge in [-0.2, -0.15) is 0 Å². The van der Waals surface area contributed by atoms with Crippen LogP contribution in [0.1, 0.15) is 5.56 Å². The molecule has 3 nitrogen and oxygen atoms in total. The molecule has 0 unspecified atom stereocenters. The quantitative estimate of drug-likeness (QED) is 0.746. The van der Waals surface area contributed by atoms with Crippen LogP contribution in [0.3, 0.4) is 0 Å². The smallest absolute Gasteiger partial charge is 0.219 e. The predicted molar refractivity (Wildman–Crippen MR) is 58.2 cm³/mol. The topological polar surface area (TPSA) is 45.9 Å². The summed E-state index contributed by atoms with van der Waals surface area (Å²) in [4.78, 5) is 4.07. The number of nitrogens with zero attached hydrogens (tertiary/aromatic N) is 1. The van der Waals surface area contributed by atoms with E-state index in [1.807, 2.05) is 19.1 Å². The first-order valence-corrected chi connectivity index (χ1v) is 4.67. The van der Waals surface area contributed by atoms with Crippen molar-refractivity contribution in [3.63, 3.8) is 0 Å². The first-order valence-electron chi connectivity index (χ1n) is 4.67. The van der Waals surface area contributed by atoms with Gasteiger partial charge in [0.15, 0.2) is 0 Å². The van der Waals surface area contributed by atoms with Crippen molar-refractivity contribution in [1.29, 1.82) is 0 Å². The number of nitrogens with one attached hydrogen (secondary N) is 1. The average molecular weight is 199 g/mol. The maximum Gasteiger partial charge on any atom is 0.219 e. The summed E-state index contributed by atoms with van der Waals surface area (Å²) in [5, 5.41) is 0. The Hall–Kier alpha value is -2.03. The maximum atomic E-state index is 7.44. The van der Waals surface area contributed by atoms with Crippen molar-refractivity contribution in [1.82, 2.24) is 10.7 Å². The second-order valence-electron chi connectivity index (χ2n) is 3.25. The van der Waals surface area contributed by atoms with E-state index in [-0.39, 0.29) is 0 Å². The number of rotatable bonds is 2. The predicted octanol–water partition coefficient (Wildman–Crippen LogP) is 3.10. The van der Waals surface area contributed by atoms with E-state index in [1.54, 1.807) is 30.5 Å². The molecular weight excluding hydrogens is 188 g/mol. The molecule has 0 aliphatic carbocycles. The van der Waals surface area contributed by atoms with E-state index < -0.39 is 0 Å². The van der Waals surface area contributed by atoms with Gasteiger partial charge in [0.05, 0.1) is 5.69 Å². The number of ether oxygens (including phenoxy) is 1. The molecule has 1 aromatic carbocycles. The molecule has 1 radical (unpaired) electrons. The molecule has 0 atom stereocenters. The van der Waals surface area contributed by atoms with Gasteiger partial charge in [0.25, 0.3) is 0 Å². The highest BCUT2D eigenvalue weighted by Crippen LogP contribution is 2.25. The second kappa shape index (κ2) is 4.00. The Morgan fingerprint density at radius 1 is 1.20 bits per heavy atom. The highest BCUT2D eigenvalue weighted by Gasteiger charge is 2.01. The molecule has 0 bridgehead atoms. The number of aryl methyl sites for hydroxylation is 1. The van der Waals surface area contributed by atoms with Crippen molar-refractivity contribution >= 4 is 5.69 Å². The molecular formula is C12H11N2O. The van der Waals surface area contributed by atoms with Gasteiger partial charge >= 0.3 is 0 Å². The summed E-state index contributed by atoms with van der Waals surface area (Å²) in [7, 11) is 0. The fourth-order valence-electron chi connectivity index (χ4n) is 1.28. The molecule has 1 N–H and O–H groups in total. The summed E-state index contributed by atoms with van der Waals surface area (Å²) in [6.07, 6.45) is 1.68. The molecule has 0 saturated heterocycles. The molecule has 0 aliphatic rings. The molecule has 1 aromatic heterocycles. The van der Waals surface area contributed by atoms with E-state index >= 15 is 0 Å². The lowest BCUT2D eigenvalue weighted by Crippen LogP contribution is -1.89. The number of pyridine rings is 1. The van der Waals surface area contributed by atoms with Crippen LogP contribution in [0, 0.1) is 6.92 Å². The van der Waals surface area contributed by atoms with Crippen LogP contribution in [-0.4, -0.2) is 4.98 Å². The standard InChI is InChI=1S/C12H11N2O/c1-9-8-10(13)5-6-11(9)15-12-4-2-3-7-14-12/h2-8,13H,1H3. The largest absolute Gasteiger partial charge is 0.439 e. The molecule has 0 spiro atoms. The molecule has 0 saturated carbocycles. The third kappa shape index (κ3) is 2.26. The lowest BCUT2D eigenvalue weighted by molar-refractivity contribution is 0.459. The zero-order valence-corrected chi connectivity index (χ0v) is 8.40. The van der Waals surface area contributed by atoms with Crippen molar-refractivity contribution in [2.75, 3.05) is 0 Å². The molecule has 75 valence electrons. The van der Waals surface area contributed by atoms with Crippen LogP contribution in [-0.2, 0) is 0 Å². The van der Waals surface area contributed by atoms with Crippen LogP contribution >= 0.6 is 0 Å². The van der Waals surface area contributed by atoms with Crippen molar-refractivity contribution in [3.05, 3.63) is 48.2 Å². The van der Waals surface area contributed by atoms with Gasteiger partial charge in [0.2, 0.25) is 5.88 Å². The van der Waals surface area contributed by atoms with Crippen LogP contribution in [0.25, 0.3) is 0 Å². The summed E-state index contributed by atoms with van der Waals surface area (Å²) >= 11 is 0. The van der Waals surface area contributed by atoms with Crippen LogP contribution < -0.4 is 10.5 Å². The van der Waals surface area contributed by atoms with E-state index in [2.05, 4.69) is 4.98 Å². The SMILES string of the molecule is Cc1cc([NH])ccc1Oc1ccccn1. The zero-order valence-electron chi connectivity index (χ0n) is 8.40. The van der Waals surface area contributed by atoms with Gasteiger partial charge in [-0.25, -0.2) is 4.98 Å². The average Bonchev–Trinajstić information content (AvgIpc) is 2.24. The summed E-state index contributed by atoms with van der Waals surface area (Å²) in [6, 6.07) is 10.8. The molecule has 1 heterocycles. The van der Waals surface area contributed by atoms with Crippen LogP contribution in [0.5, 0.6) is 11.6 Å². The maximum absolute atomic E-state index is 7.44. The van der Waals surface area contributed by atoms with Gasteiger partial charge in [-0.05, 0) is 36.8 Å². The first kappa shape index (κ1) is 9.52. The Morgan fingerprint density at radius 2 is 2.07 bits per heavy atom. The highest BCUT2D eigenvalue weighted by atomic mass is 16.5. The fraction of sp³-hybridized carbons (Fsp3) is 0.0833. The van der Waals surface area contributed by atoms with Crippen molar-refractivity contribution in [3.8, 4) is 11.6 Å². The minimum atomic E-state index is 0.487. The minimum Gasteiger partial charge on any atom is -0.439 e. The number of aromatic nitrogens is 1. The summed E-state index contributed by atoms with van der Waals surface area (Å²) in [5.41, 5.74) is 8.87. The van der Waals surface area contributed by atoms with Crippen molar-refractivity contribution in [2.45, 2.75) is 6.92 Å². The van der Waals surface area contributed by atoms with Gasteiger partial charge in [0.1, 0.15) is 5.75 Å². The van der Waals surface area contributed by atoms with E-state index in [0.29, 0.717) is 11.6 Å². The van der Waals surface area contributed by atoms with Gasteiger partial charge in [-0.15, -0.1) is 0 Å². The molecule has 2 aromatic rings. The summed E-state index contributed by atoms with van der Waals surface area (Å²) < 4.78 is 5.57. The molecule has 0 amide bonds. The minimum absolute atomic E-state index is 0.487. The van der Waals surface area contributed by atoms with E-state index in [1.165, 1.54) is 0 Å².